The number of nitrogens with one attached hydrogen (secondary N) is 1. The molecule has 0 bridgehead atoms. The molecular weight excluding hydrogens is 373 g/mol. The molecular formula is C22H24FN3O3. The molecule has 1 saturated carbocycles. The maximum Gasteiger partial charge on any atom is 0.343 e. The van der Waals surface area contributed by atoms with Crippen molar-refractivity contribution in [2.75, 3.05) is 11.9 Å². The van der Waals surface area contributed by atoms with Gasteiger partial charge in [-0.25, -0.2) is 14.2 Å². The van der Waals surface area contributed by atoms with Crippen LogP contribution in [0.2, 0.25) is 0 Å². The monoisotopic (exact) mass is 397 g/mol. The van der Waals surface area contributed by atoms with Crippen molar-refractivity contribution in [3.05, 3.63) is 46.0 Å². The third-order valence-electron chi connectivity index (χ3n) is 5.49. The molecule has 1 aliphatic carbocycles. The number of hydrogen-bond donors (Lipinski definition) is 1. The van der Waals surface area contributed by atoms with Gasteiger partial charge in [0.05, 0.1) is 23.2 Å². The van der Waals surface area contributed by atoms with Crippen LogP contribution in [0.15, 0.2) is 29.2 Å². The lowest BCUT2D eigenvalue weighted by atomic mass is 9.95. The van der Waals surface area contributed by atoms with Crippen LogP contribution >= 0.6 is 0 Å². The van der Waals surface area contributed by atoms with E-state index >= 15 is 0 Å². The summed E-state index contributed by atoms with van der Waals surface area (Å²) in [5, 5.41) is 4.09. The molecule has 1 fully saturated rings. The summed E-state index contributed by atoms with van der Waals surface area (Å²) < 4.78 is 21.3. The number of fused-ring (bicyclic) bond motifs is 2. The molecule has 0 spiro atoms. The molecule has 6 nitrogen and oxygen atoms in total. The predicted molar refractivity (Wildman–Crippen MR) is 111 cm³/mol. The zero-order valence-electron chi connectivity index (χ0n) is 16.6. The Bertz CT molecular complexity index is 1150. The van der Waals surface area contributed by atoms with E-state index in [0.717, 1.165) is 25.7 Å². The summed E-state index contributed by atoms with van der Waals surface area (Å²) in [6.45, 7) is 1.86. The average molecular weight is 397 g/mol. The summed E-state index contributed by atoms with van der Waals surface area (Å²) >= 11 is 0. The number of hydrogen-bond acceptors (Lipinski definition) is 5. The zero-order valence-corrected chi connectivity index (χ0v) is 16.6. The summed E-state index contributed by atoms with van der Waals surface area (Å²) in [5.74, 6) is -1.05. The SMILES string of the molecule is CCOC(=O)c1cn(C)c2nc3cc(NC4CCCCC4)c(F)cc3cc2c1=O. The lowest BCUT2D eigenvalue weighted by Crippen LogP contribution is -2.23. The number of rotatable bonds is 4. The van der Waals surface area contributed by atoms with Crippen molar-refractivity contribution >= 4 is 33.6 Å². The van der Waals surface area contributed by atoms with E-state index in [1.54, 1.807) is 30.7 Å². The third kappa shape index (κ3) is 3.69. The van der Waals surface area contributed by atoms with E-state index < -0.39 is 11.4 Å². The second-order valence-electron chi connectivity index (χ2n) is 7.57. The highest BCUT2D eigenvalue weighted by atomic mass is 19.1. The number of ether oxygens (including phenoxy) is 1. The van der Waals surface area contributed by atoms with Gasteiger partial charge in [-0.1, -0.05) is 19.3 Å². The summed E-state index contributed by atoms with van der Waals surface area (Å²) in [6, 6.07) is 4.95. The molecule has 1 aliphatic rings. The maximum atomic E-state index is 14.7. The Labute approximate surface area is 167 Å². The number of anilines is 1. The van der Waals surface area contributed by atoms with Gasteiger partial charge < -0.3 is 14.6 Å². The Hall–Kier alpha value is -2.96. The van der Waals surface area contributed by atoms with Gasteiger partial charge in [0.1, 0.15) is 17.0 Å². The highest BCUT2D eigenvalue weighted by molar-refractivity contribution is 5.97. The number of carbonyl (C=O) groups excluding carboxylic acids is 1. The Morgan fingerprint density at radius 3 is 2.76 bits per heavy atom. The number of carbonyl (C=O) groups is 1. The molecule has 1 aromatic carbocycles. The zero-order chi connectivity index (χ0) is 20.5. The molecule has 2 heterocycles. The van der Waals surface area contributed by atoms with Crippen LogP contribution in [0, 0.1) is 5.82 Å². The number of esters is 1. The summed E-state index contributed by atoms with van der Waals surface area (Å²) in [5.41, 5.74) is 0.945. The van der Waals surface area contributed by atoms with Crippen LogP contribution in [0.1, 0.15) is 49.4 Å². The van der Waals surface area contributed by atoms with Crippen LogP contribution in [0.4, 0.5) is 10.1 Å². The minimum absolute atomic E-state index is 0.0564. The number of nitrogens with zero attached hydrogens (tertiary/aromatic N) is 2. The van der Waals surface area contributed by atoms with Crippen LogP contribution in [0.3, 0.4) is 0 Å². The van der Waals surface area contributed by atoms with Crippen LogP contribution in [0.5, 0.6) is 0 Å². The standard InChI is InChI=1S/C22H24FN3O3/c1-3-29-22(28)16-12-26(2)21-15(20(16)27)9-13-10-17(23)19(11-18(13)25-21)24-14-7-5-4-6-8-14/h9-12,14,24H,3-8H2,1-2H3. The Morgan fingerprint density at radius 2 is 2.03 bits per heavy atom. The van der Waals surface area contributed by atoms with E-state index in [1.165, 1.54) is 18.7 Å². The van der Waals surface area contributed by atoms with Crippen molar-refractivity contribution in [1.29, 1.82) is 0 Å². The molecule has 0 unspecified atom stereocenters. The summed E-state index contributed by atoms with van der Waals surface area (Å²) in [4.78, 5) is 29.5. The Balaban J connectivity index is 1.81. The first-order valence-corrected chi connectivity index (χ1v) is 10.0. The molecule has 0 saturated heterocycles. The van der Waals surface area contributed by atoms with Crippen molar-refractivity contribution in [3.8, 4) is 0 Å². The molecule has 0 aliphatic heterocycles. The van der Waals surface area contributed by atoms with Crippen molar-refractivity contribution in [2.45, 2.75) is 45.1 Å². The quantitative estimate of drug-likeness (QED) is 0.529. The normalized spacial score (nSPS) is 15.0. The van der Waals surface area contributed by atoms with Gasteiger partial charge in [-0.15, -0.1) is 0 Å². The molecule has 0 atom stereocenters. The number of benzene rings is 1. The van der Waals surface area contributed by atoms with E-state index in [2.05, 4.69) is 10.3 Å². The number of halogens is 1. The van der Waals surface area contributed by atoms with Gasteiger partial charge in [-0.3, -0.25) is 4.79 Å². The Morgan fingerprint density at radius 1 is 1.28 bits per heavy atom. The molecule has 7 heteroatoms. The number of pyridine rings is 2. The fourth-order valence-corrected chi connectivity index (χ4v) is 4.01. The largest absolute Gasteiger partial charge is 0.462 e. The molecule has 2 aromatic heterocycles. The second kappa shape index (κ2) is 7.81. The van der Waals surface area contributed by atoms with Crippen molar-refractivity contribution in [2.24, 2.45) is 7.05 Å². The fraction of sp³-hybridized carbons (Fsp3) is 0.409. The topological polar surface area (TPSA) is 73.2 Å². The minimum Gasteiger partial charge on any atom is -0.462 e. The first kappa shape index (κ1) is 19.4. The van der Waals surface area contributed by atoms with E-state index in [1.807, 2.05) is 0 Å². The van der Waals surface area contributed by atoms with Crippen molar-refractivity contribution in [1.82, 2.24) is 9.55 Å². The molecule has 3 aromatic rings. The number of aromatic nitrogens is 2. The van der Waals surface area contributed by atoms with Gasteiger partial charge >= 0.3 is 5.97 Å². The minimum atomic E-state index is -0.673. The molecule has 152 valence electrons. The van der Waals surface area contributed by atoms with E-state index in [9.17, 15) is 14.0 Å². The summed E-state index contributed by atoms with van der Waals surface area (Å²) in [6.07, 6.45) is 7.04. The van der Waals surface area contributed by atoms with Gasteiger partial charge in [-0.05, 0) is 38.0 Å². The summed E-state index contributed by atoms with van der Waals surface area (Å²) in [7, 11) is 1.72. The molecule has 1 N–H and O–H groups in total. The smallest absolute Gasteiger partial charge is 0.343 e. The van der Waals surface area contributed by atoms with Crippen LogP contribution in [0.25, 0.3) is 21.9 Å². The lowest BCUT2D eigenvalue weighted by Gasteiger charge is -2.24. The van der Waals surface area contributed by atoms with Crippen molar-refractivity contribution in [3.63, 3.8) is 0 Å². The van der Waals surface area contributed by atoms with Gasteiger partial charge in [0.25, 0.3) is 0 Å². The first-order valence-electron chi connectivity index (χ1n) is 10.0. The van der Waals surface area contributed by atoms with Crippen LogP contribution < -0.4 is 10.7 Å². The Kier molecular flexibility index (Phi) is 5.22. The van der Waals surface area contributed by atoms with Crippen LogP contribution in [-0.4, -0.2) is 28.2 Å². The molecule has 29 heavy (non-hydrogen) atoms. The van der Waals surface area contributed by atoms with Crippen LogP contribution in [-0.2, 0) is 11.8 Å². The highest BCUT2D eigenvalue weighted by Crippen LogP contribution is 2.27. The van der Waals surface area contributed by atoms with Gasteiger partial charge in [-0.2, -0.15) is 0 Å². The first-order chi connectivity index (χ1) is 14.0. The second-order valence-corrected chi connectivity index (χ2v) is 7.57. The molecule has 0 amide bonds. The van der Waals surface area contributed by atoms with Gasteiger partial charge in [0.15, 0.2) is 0 Å². The van der Waals surface area contributed by atoms with Crippen molar-refractivity contribution < 1.29 is 13.9 Å². The lowest BCUT2D eigenvalue weighted by molar-refractivity contribution is 0.0524. The maximum absolute atomic E-state index is 14.7. The molecule has 4 rings (SSSR count). The number of aryl methyl sites for hydroxylation is 1. The molecule has 0 radical (unpaired) electrons. The van der Waals surface area contributed by atoms with Gasteiger partial charge in [0, 0.05) is 24.7 Å². The van der Waals surface area contributed by atoms with Gasteiger partial charge in [0.2, 0.25) is 5.43 Å². The third-order valence-corrected chi connectivity index (χ3v) is 5.49. The predicted octanol–water partition coefficient (Wildman–Crippen LogP) is 4.15. The van der Waals surface area contributed by atoms with E-state index in [-0.39, 0.29) is 29.4 Å². The highest BCUT2D eigenvalue weighted by Gasteiger charge is 2.19. The average Bonchev–Trinajstić information content (AvgIpc) is 2.71. The van der Waals surface area contributed by atoms with E-state index in [4.69, 9.17) is 4.74 Å². The fourth-order valence-electron chi connectivity index (χ4n) is 4.01. The van der Waals surface area contributed by atoms with E-state index in [0.29, 0.717) is 22.2 Å².